The van der Waals surface area contributed by atoms with Crippen LogP contribution in [-0.4, -0.2) is 99.7 Å². The van der Waals surface area contributed by atoms with Crippen LogP contribution in [0.3, 0.4) is 0 Å². The van der Waals surface area contributed by atoms with Crippen molar-refractivity contribution in [2.75, 3.05) is 27.3 Å². The van der Waals surface area contributed by atoms with Crippen LogP contribution in [0.25, 0.3) is 0 Å². The summed E-state index contributed by atoms with van der Waals surface area (Å²) in [6.45, 7) is 8.54. The number of aliphatic hydroxyl groups excluding tert-OH is 2. The smallest absolute Gasteiger partial charge is 0.338 e. The number of likely N-dealkylation sites (tertiary alicyclic amines) is 1. The fourth-order valence-electron chi connectivity index (χ4n) is 6.11. The number of rotatable bonds is 16. The number of likely N-dealkylation sites (N-methyl/N-ethyl adjacent to an activating group) is 1. The first-order chi connectivity index (χ1) is 22.2. The molecule has 2 amide bonds. The monoisotopic (exact) mass is 655 g/mol. The van der Waals surface area contributed by atoms with Gasteiger partial charge < -0.3 is 39.4 Å². The number of ether oxygens (including phenoxy) is 2. The van der Waals surface area contributed by atoms with Crippen molar-refractivity contribution >= 4 is 17.8 Å². The van der Waals surface area contributed by atoms with Gasteiger partial charge in [0, 0.05) is 27.1 Å². The van der Waals surface area contributed by atoms with Crippen molar-refractivity contribution in [3.63, 3.8) is 0 Å². The summed E-state index contributed by atoms with van der Waals surface area (Å²) in [5, 5.41) is 36.2. The molecule has 2 aliphatic heterocycles. The van der Waals surface area contributed by atoms with E-state index in [1.165, 1.54) is 25.5 Å². The standard InChI is InChI=1S/C35H49N3O9/c1-23(15-11-8-9-12-16-26-20-36-22-47-26)29(40)33(4,5)31(42)37-18-14-10-13-17-27(39)24(2)19-28(45-7)35(44)25(3)30(41)38(6)34(35)21-46-32(34)43/h8-15,17,20,22,24-25,27-29,39-40,44H,16,18-19,21H2,1-7H3,(H,37,42)/b11-8+,12-9+,14-10+,17-13+,23-15-/t24-,25+,27+,28+,29-,34-,35-/m1/s1. The van der Waals surface area contributed by atoms with Crippen molar-refractivity contribution in [1.82, 2.24) is 15.2 Å². The molecule has 0 aromatic carbocycles. The summed E-state index contributed by atoms with van der Waals surface area (Å²) in [4.78, 5) is 43.3. The molecule has 2 fully saturated rings. The van der Waals surface area contributed by atoms with Gasteiger partial charge >= 0.3 is 5.97 Å². The number of nitrogens with zero attached hydrogens (tertiary/aromatic N) is 2. The molecule has 7 atom stereocenters. The molecule has 1 aromatic rings. The Balaban J connectivity index is 1.48. The quantitative estimate of drug-likeness (QED) is 0.153. The van der Waals surface area contributed by atoms with E-state index in [1.807, 2.05) is 18.2 Å². The number of methoxy groups -OCH3 is 1. The lowest BCUT2D eigenvalue weighted by atomic mass is 9.68. The fourth-order valence-corrected chi connectivity index (χ4v) is 6.11. The van der Waals surface area contributed by atoms with Crippen LogP contribution in [0.15, 0.2) is 77.3 Å². The number of nitrogens with one attached hydrogen (secondary N) is 1. The summed E-state index contributed by atoms with van der Waals surface area (Å²) in [6, 6.07) is 0. The molecule has 0 bridgehead atoms. The molecule has 12 nitrogen and oxygen atoms in total. The zero-order valence-corrected chi connectivity index (χ0v) is 28.3. The van der Waals surface area contributed by atoms with Crippen LogP contribution in [0.1, 0.15) is 46.8 Å². The van der Waals surface area contributed by atoms with E-state index >= 15 is 0 Å². The summed E-state index contributed by atoms with van der Waals surface area (Å²) in [6.07, 6.45) is 16.7. The molecule has 0 radical (unpaired) electrons. The number of carbonyl (C=O) groups excluding carboxylic acids is 3. The fraction of sp³-hybridized carbons (Fsp3) is 0.543. The topological polar surface area (TPSA) is 172 Å². The Morgan fingerprint density at radius 1 is 1.21 bits per heavy atom. The number of oxazole rings is 1. The number of carbonyl (C=O) groups is 3. The summed E-state index contributed by atoms with van der Waals surface area (Å²) >= 11 is 0. The van der Waals surface area contributed by atoms with E-state index in [0.717, 1.165) is 5.76 Å². The van der Waals surface area contributed by atoms with Crippen LogP contribution in [0.2, 0.25) is 0 Å². The zero-order valence-electron chi connectivity index (χ0n) is 28.3. The maximum Gasteiger partial charge on any atom is 0.338 e. The minimum atomic E-state index is -1.83. The van der Waals surface area contributed by atoms with Crippen molar-refractivity contribution in [1.29, 1.82) is 0 Å². The van der Waals surface area contributed by atoms with Crippen LogP contribution in [0.5, 0.6) is 0 Å². The first-order valence-electron chi connectivity index (χ1n) is 15.7. The normalized spacial score (nSPS) is 26.5. The first-order valence-corrected chi connectivity index (χ1v) is 15.7. The Morgan fingerprint density at radius 2 is 1.91 bits per heavy atom. The van der Waals surface area contributed by atoms with Crippen molar-refractivity contribution < 1.29 is 43.6 Å². The van der Waals surface area contributed by atoms with Crippen molar-refractivity contribution in [2.45, 2.75) is 76.9 Å². The number of amides is 2. The second-order valence-corrected chi connectivity index (χ2v) is 12.9. The summed E-state index contributed by atoms with van der Waals surface area (Å²) < 4.78 is 15.8. The van der Waals surface area contributed by atoms with Gasteiger partial charge in [0.2, 0.25) is 17.4 Å². The molecule has 3 rings (SSSR count). The zero-order chi connectivity index (χ0) is 35.0. The molecule has 2 saturated heterocycles. The Bertz CT molecular complexity index is 1400. The molecule has 258 valence electrons. The molecule has 0 aliphatic carbocycles. The van der Waals surface area contributed by atoms with Gasteiger partial charge in [-0.25, -0.2) is 9.78 Å². The van der Waals surface area contributed by atoms with Gasteiger partial charge in [-0.05, 0) is 38.7 Å². The first kappa shape index (κ1) is 37.6. The maximum absolute atomic E-state index is 12.9. The molecule has 4 N–H and O–H groups in total. The van der Waals surface area contributed by atoms with Gasteiger partial charge in [-0.3, -0.25) is 9.59 Å². The van der Waals surface area contributed by atoms with Crippen LogP contribution in [0.4, 0.5) is 0 Å². The van der Waals surface area contributed by atoms with Crippen molar-refractivity contribution in [2.24, 2.45) is 17.3 Å². The minimum absolute atomic E-state index is 0.124. The molecular weight excluding hydrogens is 606 g/mol. The van der Waals surface area contributed by atoms with E-state index in [1.54, 1.807) is 77.3 Å². The van der Waals surface area contributed by atoms with Gasteiger partial charge in [0.1, 0.15) is 18.0 Å². The number of aromatic nitrogens is 1. The van der Waals surface area contributed by atoms with Gasteiger partial charge in [-0.2, -0.15) is 0 Å². The third kappa shape index (κ3) is 7.67. The third-order valence-corrected chi connectivity index (χ3v) is 9.45. The molecule has 1 aromatic heterocycles. The van der Waals surface area contributed by atoms with E-state index in [9.17, 15) is 29.7 Å². The second kappa shape index (κ2) is 15.8. The molecular formula is C35H49N3O9. The molecule has 3 heterocycles. The Hall–Kier alpha value is -3.84. The summed E-state index contributed by atoms with van der Waals surface area (Å²) in [5.41, 5.74) is -3.80. The Labute approximate surface area is 276 Å². The van der Waals surface area contributed by atoms with Crippen molar-refractivity contribution in [3.8, 4) is 0 Å². The third-order valence-electron chi connectivity index (χ3n) is 9.45. The average Bonchev–Trinajstić information content (AvgIpc) is 3.62. The largest absolute Gasteiger partial charge is 0.460 e. The number of hydrogen-bond acceptors (Lipinski definition) is 10. The molecule has 2 aliphatic rings. The van der Waals surface area contributed by atoms with Gasteiger partial charge in [0.25, 0.3) is 0 Å². The van der Waals surface area contributed by atoms with E-state index in [4.69, 9.17) is 13.9 Å². The molecule has 0 unspecified atom stereocenters. The molecule has 47 heavy (non-hydrogen) atoms. The molecule has 0 saturated carbocycles. The highest BCUT2D eigenvalue weighted by Gasteiger charge is 2.77. The average molecular weight is 656 g/mol. The lowest BCUT2D eigenvalue weighted by Crippen LogP contribution is -2.76. The lowest BCUT2D eigenvalue weighted by molar-refractivity contribution is -0.235. The number of aliphatic hydroxyl groups is 3. The summed E-state index contributed by atoms with van der Waals surface area (Å²) in [7, 11) is 2.88. The number of allylic oxidation sites excluding steroid dienone is 7. The van der Waals surface area contributed by atoms with Gasteiger partial charge in [0.15, 0.2) is 6.39 Å². The van der Waals surface area contributed by atoms with Crippen LogP contribution in [0, 0.1) is 17.3 Å². The molecule has 1 spiro atoms. The van der Waals surface area contributed by atoms with E-state index in [0.29, 0.717) is 12.0 Å². The SMILES string of the molecule is CO[C@@H](C[C@@H](C)[C@@H](O)/C=C/C=C/CNC(=O)C(C)(C)[C@H](O)\C(C)=C/C=C/C=C/Cc1cnco1)[C@]1(O)[C@@H](C)C(=O)N(C)[C@@]12COC2=O. The van der Waals surface area contributed by atoms with Crippen LogP contribution in [-0.2, 0) is 30.3 Å². The summed E-state index contributed by atoms with van der Waals surface area (Å²) in [5.74, 6) is -1.92. The highest BCUT2D eigenvalue weighted by atomic mass is 16.6. The van der Waals surface area contributed by atoms with E-state index in [-0.39, 0.29) is 31.4 Å². The maximum atomic E-state index is 12.9. The Kier molecular flexibility index (Phi) is 12.7. The van der Waals surface area contributed by atoms with Gasteiger partial charge in [0.05, 0.1) is 35.8 Å². The highest BCUT2D eigenvalue weighted by Crippen LogP contribution is 2.51. The highest BCUT2D eigenvalue weighted by molar-refractivity contribution is 5.99. The van der Waals surface area contributed by atoms with Crippen LogP contribution < -0.4 is 5.32 Å². The molecule has 12 heteroatoms. The number of cyclic esters (lactones) is 1. The Morgan fingerprint density at radius 3 is 2.51 bits per heavy atom. The van der Waals surface area contributed by atoms with E-state index in [2.05, 4.69) is 10.3 Å². The van der Waals surface area contributed by atoms with Crippen molar-refractivity contribution in [3.05, 3.63) is 78.6 Å². The number of hydrogen-bond donors (Lipinski definition) is 4. The second-order valence-electron chi connectivity index (χ2n) is 12.9. The van der Waals surface area contributed by atoms with Gasteiger partial charge in [-0.1, -0.05) is 68.5 Å². The van der Waals surface area contributed by atoms with E-state index < -0.39 is 52.7 Å². The number of esters is 1. The predicted octanol–water partition coefficient (Wildman–Crippen LogP) is 2.43. The van der Waals surface area contributed by atoms with Gasteiger partial charge in [-0.15, -0.1) is 0 Å². The predicted molar refractivity (Wildman–Crippen MR) is 174 cm³/mol. The lowest BCUT2D eigenvalue weighted by Gasteiger charge is -2.51. The van der Waals surface area contributed by atoms with Crippen LogP contribution >= 0.6 is 0 Å². The minimum Gasteiger partial charge on any atom is -0.460 e.